The molecule has 0 fully saturated rings. The highest BCUT2D eigenvalue weighted by atomic mass is 32.1. The Kier molecular flexibility index (Phi) is 8.60. The van der Waals surface area contributed by atoms with Crippen LogP contribution in [0, 0.1) is 5.82 Å². The average Bonchev–Trinajstić information content (AvgIpc) is 2.90. The number of anilines is 1. The highest BCUT2D eigenvalue weighted by molar-refractivity contribution is 7.80. The van der Waals surface area contributed by atoms with Gasteiger partial charge in [0.1, 0.15) is 11.9 Å². The fraction of sp³-hybridized carbons (Fsp3) is 0.179. The molecule has 0 amide bonds. The zero-order chi connectivity index (χ0) is 28.0. The maximum Gasteiger partial charge on any atom is 0.416 e. The molecule has 0 bridgehead atoms. The molecular weight excluding hydrogens is 532 g/mol. The molecule has 1 unspecified atom stereocenters. The van der Waals surface area contributed by atoms with Crippen molar-refractivity contribution in [1.29, 1.82) is 0 Å². The predicted octanol–water partition coefficient (Wildman–Crippen LogP) is 7.54. The van der Waals surface area contributed by atoms with Crippen molar-refractivity contribution >= 4 is 23.0 Å². The van der Waals surface area contributed by atoms with Crippen LogP contribution in [0.3, 0.4) is 0 Å². The molecule has 202 valence electrons. The third kappa shape index (κ3) is 7.41. The summed E-state index contributed by atoms with van der Waals surface area (Å²) in [5.41, 5.74) is 1.14. The molecule has 0 aliphatic carbocycles. The van der Waals surface area contributed by atoms with Gasteiger partial charge in [-0.3, -0.25) is 0 Å². The van der Waals surface area contributed by atoms with Crippen molar-refractivity contribution in [2.24, 2.45) is 0 Å². The summed E-state index contributed by atoms with van der Waals surface area (Å²) in [6.07, 6.45) is -5.03. The summed E-state index contributed by atoms with van der Waals surface area (Å²) in [6.45, 7) is 4.28. The first-order valence-corrected chi connectivity index (χ1v) is 12.3. The fourth-order valence-corrected chi connectivity index (χ4v) is 3.80. The Morgan fingerprint density at radius 2 is 1.67 bits per heavy atom. The average molecular weight is 557 g/mol. The number of rotatable bonds is 8. The standard InChI is InChI=1S/C28H24F4N4O2S/c1-3-33-27(39)35-22-6-4-5-7-24(22)38-25-16-23(19-8-12-20(13-9-19)28(30,31)32)34-26(36-25)37-17(2)18-10-14-21(29)15-11-18/h4-17H,3H2,1-2H3,(H2,33,35,39). The van der Waals surface area contributed by atoms with Crippen LogP contribution in [-0.2, 0) is 6.18 Å². The zero-order valence-electron chi connectivity index (χ0n) is 20.9. The molecule has 0 spiro atoms. The molecule has 4 aromatic rings. The van der Waals surface area contributed by atoms with E-state index in [1.807, 2.05) is 6.92 Å². The van der Waals surface area contributed by atoms with Crippen LogP contribution >= 0.6 is 12.2 Å². The van der Waals surface area contributed by atoms with Crippen LogP contribution < -0.4 is 20.1 Å². The van der Waals surface area contributed by atoms with Gasteiger partial charge >= 0.3 is 12.2 Å². The van der Waals surface area contributed by atoms with E-state index in [4.69, 9.17) is 21.7 Å². The van der Waals surface area contributed by atoms with Gasteiger partial charge < -0.3 is 20.1 Å². The highest BCUT2D eigenvalue weighted by Gasteiger charge is 2.30. The van der Waals surface area contributed by atoms with E-state index < -0.39 is 17.8 Å². The molecule has 1 heterocycles. The molecule has 11 heteroatoms. The number of aromatic nitrogens is 2. The second-order valence-corrected chi connectivity index (χ2v) is 8.75. The minimum Gasteiger partial charge on any atom is -0.455 e. The number of halogens is 4. The Morgan fingerprint density at radius 3 is 2.33 bits per heavy atom. The molecule has 4 rings (SSSR count). The number of thiocarbonyl (C=S) groups is 1. The molecule has 0 saturated carbocycles. The van der Waals surface area contributed by atoms with Crippen LogP contribution in [0.4, 0.5) is 23.2 Å². The highest BCUT2D eigenvalue weighted by Crippen LogP contribution is 2.34. The summed E-state index contributed by atoms with van der Waals surface area (Å²) in [7, 11) is 0. The minimum absolute atomic E-state index is 0.0761. The monoisotopic (exact) mass is 556 g/mol. The maximum absolute atomic E-state index is 13.4. The van der Waals surface area contributed by atoms with E-state index in [9.17, 15) is 17.6 Å². The second-order valence-electron chi connectivity index (χ2n) is 8.34. The number of nitrogens with one attached hydrogen (secondary N) is 2. The lowest BCUT2D eigenvalue weighted by atomic mass is 10.1. The maximum atomic E-state index is 13.4. The lowest BCUT2D eigenvalue weighted by Crippen LogP contribution is -2.28. The van der Waals surface area contributed by atoms with Crippen molar-refractivity contribution in [2.45, 2.75) is 26.1 Å². The molecule has 0 aliphatic rings. The van der Waals surface area contributed by atoms with Crippen LogP contribution in [0.25, 0.3) is 11.3 Å². The Morgan fingerprint density at radius 1 is 0.974 bits per heavy atom. The van der Waals surface area contributed by atoms with Crippen LogP contribution in [-0.4, -0.2) is 21.6 Å². The fourth-order valence-electron chi connectivity index (χ4n) is 3.55. The molecule has 39 heavy (non-hydrogen) atoms. The summed E-state index contributed by atoms with van der Waals surface area (Å²) in [5, 5.41) is 6.45. The predicted molar refractivity (Wildman–Crippen MR) is 144 cm³/mol. The Labute approximate surface area is 228 Å². The van der Waals surface area contributed by atoms with Crippen LogP contribution in [0.2, 0.25) is 0 Å². The van der Waals surface area contributed by atoms with Crippen LogP contribution in [0.15, 0.2) is 78.9 Å². The number of benzene rings is 3. The number of hydrogen-bond donors (Lipinski definition) is 2. The normalized spacial score (nSPS) is 11.9. The zero-order valence-corrected chi connectivity index (χ0v) is 21.7. The molecule has 0 radical (unpaired) electrons. The Bertz CT molecular complexity index is 1430. The molecular formula is C28H24F4N4O2S. The molecule has 1 aromatic heterocycles. The Balaban J connectivity index is 1.69. The summed E-state index contributed by atoms with van der Waals surface area (Å²) >= 11 is 5.28. The van der Waals surface area contributed by atoms with Crippen molar-refractivity contribution in [2.75, 3.05) is 11.9 Å². The number of hydrogen-bond acceptors (Lipinski definition) is 5. The number of nitrogens with zero attached hydrogens (tertiary/aromatic N) is 2. The van der Waals surface area contributed by atoms with Gasteiger partial charge in [-0.25, -0.2) is 4.39 Å². The van der Waals surface area contributed by atoms with Gasteiger partial charge in [0.05, 0.1) is 16.9 Å². The molecule has 0 saturated heterocycles. The molecule has 6 nitrogen and oxygen atoms in total. The molecule has 3 aromatic carbocycles. The molecule has 2 N–H and O–H groups in total. The smallest absolute Gasteiger partial charge is 0.416 e. The first-order valence-electron chi connectivity index (χ1n) is 11.9. The van der Waals surface area contributed by atoms with E-state index in [2.05, 4.69) is 20.6 Å². The molecule has 0 aliphatic heterocycles. The van der Waals surface area contributed by atoms with Gasteiger partial charge in [-0.05, 0) is 68.0 Å². The van der Waals surface area contributed by atoms with Crippen molar-refractivity contribution in [3.8, 4) is 28.9 Å². The third-order valence-corrected chi connectivity index (χ3v) is 5.75. The quantitative estimate of drug-likeness (QED) is 0.172. The third-order valence-electron chi connectivity index (χ3n) is 5.50. The first kappa shape index (κ1) is 27.8. The second kappa shape index (κ2) is 12.1. The number of alkyl halides is 3. The molecule has 1 atom stereocenters. The lowest BCUT2D eigenvalue weighted by molar-refractivity contribution is -0.137. The van der Waals surface area contributed by atoms with Crippen molar-refractivity contribution in [3.05, 3.63) is 95.8 Å². The SMILES string of the molecule is CCNC(=S)Nc1ccccc1Oc1cc(-c2ccc(C(F)(F)F)cc2)nc(OC(C)c2ccc(F)cc2)n1. The number of ether oxygens (including phenoxy) is 2. The van der Waals surface area contributed by atoms with Crippen molar-refractivity contribution < 1.29 is 27.0 Å². The van der Waals surface area contributed by atoms with Gasteiger partial charge in [-0.2, -0.15) is 23.1 Å². The van der Waals surface area contributed by atoms with Gasteiger partial charge in [-0.1, -0.05) is 36.4 Å². The summed E-state index contributed by atoms with van der Waals surface area (Å²) < 4.78 is 64.6. The van der Waals surface area contributed by atoms with E-state index in [0.717, 1.165) is 12.1 Å². The van der Waals surface area contributed by atoms with Gasteiger partial charge in [0.2, 0.25) is 5.88 Å². The minimum atomic E-state index is -4.47. The lowest BCUT2D eigenvalue weighted by Gasteiger charge is -2.17. The van der Waals surface area contributed by atoms with E-state index in [1.165, 1.54) is 30.3 Å². The topological polar surface area (TPSA) is 68.3 Å². The van der Waals surface area contributed by atoms with Gasteiger partial charge in [0, 0.05) is 18.2 Å². The Hall–Kier alpha value is -4.25. The van der Waals surface area contributed by atoms with E-state index in [1.54, 1.807) is 43.3 Å². The summed E-state index contributed by atoms with van der Waals surface area (Å²) in [6, 6.07) is 18.8. The van der Waals surface area contributed by atoms with E-state index in [0.29, 0.717) is 34.2 Å². The first-order chi connectivity index (χ1) is 18.6. The van der Waals surface area contributed by atoms with Crippen molar-refractivity contribution in [1.82, 2.24) is 15.3 Å². The van der Waals surface area contributed by atoms with Crippen LogP contribution in [0.1, 0.15) is 31.1 Å². The van der Waals surface area contributed by atoms with Crippen molar-refractivity contribution in [3.63, 3.8) is 0 Å². The van der Waals surface area contributed by atoms with E-state index in [-0.39, 0.29) is 23.4 Å². The largest absolute Gasteiger partial charge is 0.455 e. The van der Waals surface area contributed by atoms with E-state index >= 15 is 0 Å². The van der Waals surface area contributed by atoms with Gasteiger partial charge in [0.15, 0.2) is 10.9 Å². The number of para-hydroxylation sites is 2. The van der Waals surface area contributed by atoms with Gasteiger partial charge in [0.25, 0.3) is 0 Å². The summed E-state index contributed by atoms with van der Waals surface area (Å²) in [4.78, 5) is 8.77. The van der Waals surface area contributed by atoms with Crippen LogP contribution in [0.5, 0.6) is 17.6 Å². The summed E-state index contributed by atoms with van der Waals surface area (Å²) in [5.74, 6) is 0.0975. The van der Waals surface area contributed by atoms with Gasteiger partial charge in [-0.15, -0.1) is 0 Å².